The van der Waals surface area contributed by atoms with Crippen LogP contribution in [0.1, 0.15) is 20.3 Å². The third-order valence-electron chi connectivity index (χ3n) is 2.51. The van der Waals surface area contributed by atoms with Crippen molar-refractivity contribution in [1.82, 2.24) is 0 Å². The lowest BCUT2D eigenvalue weighted by Crippen LogP contribution is -2.42. The van der Waals surface area contributed by atoms with Gasteiger partial charge in [0.1, 0.15) is 5.41 Å². The molecule has 0 amide bonds. The Labute approximate surface area is 82.6 Å². The fourth-order valence-corrected chi connectivity index (χ4v) is 1.55. The monoisotopic (exact) mass is 198 g/mol. The predicted molar refractivity (Wildman–Crippen MR) is 49.5 cm³/mol. The van der Waals surface area contributed by atoms with Crippen LogP contribution >= 0.6 is 0 Å². The fourth-order valence-electron chi connectivity index (χ4n) is 1.55. The van der Waals surface area contributed by atoms with Crippen molar-refractivity contribution in [3.05, 3.63) is 12.7 Å². The molecule has 1 fully saturated rings. The molecule has 0 aliphatic carbocycles. The van der Waals surface area contributed by atoms with Crippen LogP contribution < -0.4 is 0 Å². The third-order valence-corrected chi connectivity index (χ3v) is 2.51. The van der Waals surface area contributed by atoms with Crippen molar-refractivity contribution in [2.45, 2.75) is 25.9 Å². The first-order valence-electron chi connectivity index (χ1n) is 4.41. The van der Waals surface area contributed by atoms with Gasteiger partial charge in [-0.05, 0) is 13.8 Å². The Morgan fingerprint density at radius 1 is 1.50 bits per heavy atom. The molecule has 0 spiro atoms. The lowest BCUT2D eigenvalue weighted by molar-refractivity contribution is -0.157. The second-order valence-electron chi connectivity index (χ2n) is 3.99. The summed E-state index contributed by atoms with van der Waals surface area (Å²) in [6, 6.07) is 0. The van der Waals surface area contributed by atoms with Gasteiger partial charge in [-0.3, -0.25) is 9.59 Å². The van der Waals surface area contributed by atoms with Gasteiger partial charge in [0.25, 0.3) is 0 Å². The van der Waals surface area contributed by atoms with Gasteiger partial charge in [0.05, 0.1) is 6.61 Å². The predicted octanol–water partition coefficient (Wildman–Crippen LogP) is 0.446. The van der Waals surface area contributed by atoms with Crippen molar-refractivity contribution in [2.75, 3.05) is 6.61 Å². The molecule has 0 aromatic rings. The van der Waals surface area contributed by atoms with Gasteiger partial charge in [0.15, 0.2) is 11.4 Å². The van der Waals surface area contributed by atoms with Crippen molar-refractivity contribution < 1.29 is 19.4 Å². The van der Waals surface area contributed by atoms with E-state index >= 15 is 0 Å². The molecule has 1 aliphatic rings. The second kappa shape index (κ2) is 3.20. The number of rotatable bonds is 3. The summed E-state index contributed by atoms with van der Waals surface area (Å²) < 4.78 is 4.96. The number of hydrogen-bond acceptors (Lipinski definition) is 4. The summed E-state index contributed by atoms with van der Waals surface area (Å²) >= 11 is 0. The van der Waals surface area contributed by atoms with Crippen molar-refractivity contribution in [2.24, 2.45) is 5.41 Å². The van der Waals surface area contributed by atoms with Crippen LogP contribution in [-0.4, -0.2) is 29.1 Å². The van der Waals surface area contributed by atoms with Gasteiger partial charge in [0.2, 0.25) is 0 Å². The van der Waals surface area contributed by atoms with Gasteiger partial charge in [0, 0.05) is 6.42 Å². The van der Waals surface area contributed by atoms with Crippen LogP contribution in [-0.2, 0) is 14.3 Å². The van der Waals surface area contributed by atoms with Crippen LogP contribution in [0.25, 0.3) is 0 Å². The van der Waals surface area contributed by atoms with E-state index in [1.807, 2.05) is 0 Å². The maximum Gasteiger partial charge on any atom is 0.320 e. The molecular formula is C10H14O4. The minimum absolute atomic E-state index is 0.150. The molecule has 4 heteroatoms. The van der Waals surface area contributed by atoms with Crippen molar-refractivity contribution >= 4 is 11.8 Å². The van der Waals surface area contributed by atoms with Crippen LogP contribution in [0.5, 0.6) is 0 Å². The Kier molecular flexibility index (Phi) is 2.50. The van der Waals surface area contributed by atoms with Gasteiger partial charge in [-0.15, -0.1) is 6.58 Å². The maximum atomic E-state index is 11.8. The number of hydrogen-bond donors (Lipinski definition) is 1. The minimum Gasteiger partial charge on any atom is -0.447 e. The van der Waals surface area contributed by atoms with E-state index in [0.29, 0.717) is 0 Å². The van der Waals surface area contributed by atoms with Crippen LogP contribution in [0.2, 0.25) is 0 Å². The normalized spacial score (nSPS) is 30.2. The number of aliphatic hydroxyl groups excluding tert-OH is 1. The van der Waals surface area contributed by atoms with Crippen molar-refractivity contribution in [1.29, 1.82) is 0 Å². The van der Waals surface area contributed by atoms with Gasteiger partial charge in [-0.25, -0.2) is 0 Å². The molecule has 1 heterocycles. The van der Waals surface area contributed by atoms with Crippen molar-refractivity contribution in [3.63, 3.8) is 0 Å². The summed E-state index contributed by atoms with van der Waals surface area (Å²) in [5, 5.41) is 9.12. The largest absolute Gasteiger partial charge is 0.447 e. The molecule has 1 atom stereocenters. The zero-order valence-electron chi connectivity index (χ0n) is 8.37. The van der Waals surface area contributed by atoms with Crippen LogP contribution in [0.15, 0.2) is 12.7 Å². The molecule has 0 aromatic heterocycles. The second-order valence-corrected chi connectivity index (χ2v) is 3.99. The zero-order chi connectivity index (χ0) is 11.0. The number of ether oxygens (including phenoxy) is 1. The highest BCUT2D eigenvalue weighted by Gasteiger charge is 2.59. The van der Waals surface area contributed by atoms with E-state index < -0.39 is 23.6 Å². The zero-order valence-corrected chi connectivity index (χ0v) is 8.37. The van der Waals surface area contributed by atoms with E-state index in [0.717, 1.165) is 0 Å². The first kappa shape index (κ1) is 10.9. The number of ketones is 1. The molecule has 0 saturated carbocycles. The molecule has 0 unspecified atom stereocenters. The topological polar surface area (TPSA) is 63.6 Å². The molecule has 78 valence electrons. The Morgan fingerprint density at radius 2 is 2.07 bits per heavy atom. The molecule has 4 nitrogen and oxygen atoms in total. The highest BCUT2D eigenvalue weighted by Crippen LogP contribution is 2.38. The Hall–Kier alpha value is -1.16. The highest BCUT2D eigenvalue weighted by atomic mass is 16.6. The molecule has 0 aromatic carbocycles. The maximum absolute atomic E-state index is 11.8. The minimum atomic E-state index is -1.40. The van der Waals surface area contributed by atoms with Gasteiger partial charge in [-0.1, -0.05) is 6.08 Å². The lowest BCUT2D eigenvalue weighted by atomic mass is 9.81. The molecule has 14 heavy (non-hydrogen) atoms. The first-order chi connectivity index (χ1) is 6.40. The smallest absolute Gasteiger partial charge is 0.320 e. The SMILES string of the molecule is C=CC[C@]1(CO)OC(=O)C(C)(C)C1=O. The summed E-state index contributed by atoms with van der Waals surface area (Å²) in [4.78, 5) is 23.2. The van der Waals surface area contributed by atoms with E-state index in [2.05, 4.69) is 6.58 Å². The number of Topliss-reactive ketones (excluding diaryl/α,β-unsaturated/α-hetero) is 1. The van der Waals surface area contributed by atoms with E-state index in [4.69, 9.17) is 9.84 Å². The van der Waals surface area contributed by atoms with Crippen LogP contribution in [0, 0.1) is 5.41 Å². The fraction of sp³-hybridized carbons (Fsp3) is 0.600. The van der Waals surface area contributed by atoms with E-state index in [-0.39, 0.29) is 12.2 Å². The van der Waals surface area contributed by atoms with Gasteiger partial charge in [-0.2, -0.15) is 0 Å². The Bertz CT molecular complexity index is 292. The van der Waals surface area contributed by atoms with E-state index in [1.54, 1.807) is 0 Å². The number of cyclic esters (lactones) is 1. The lowest BCUT2D eigenvalue weighted by Gasteiger charge is -2.22. The van der Waals surface area contributed by atoms with Crippen LogP contribution in [0.3, 0.4) is 0 Å². The van der Waals surface area contributed by atoms with Gasteiger partial charge < -0.3 is 9.84 Å². The standard InChI is InChI=1S/C10H14O4/c1-4-5-10(6-11)7(12)9(2,3)8(13)14-10/h4,11H,1,5-6H2,2-3H3/t10-/m1/s1. The van der Waals surface area contributed by atoms with Crippen LogP contribution in [0.4, 0.5) is 0 Å². The highest BCUT2D eigenvalue weighted by molar-refractivity contribution is 6.12. The number of esters is 1. The summed E-state index contributed by atoms with van der Waals surface area (Å²) in [7, 11) is 0. The average Bonchev–Trinajstić information content (AvgIpc) is 2.29. The molecule has 1 saturated heterocycles. The molecule has 0 bridgehead atoms. The van der Waals surface area contributed by atoms with E-state index in [1.165, 1.54) is 19.9 Å². The summed E-state index contributed by atoms with van der Waals surface area (Å²) in [6.45, 7) is 5.97. The summed E-state index contributed by atoms with van der Waals surface area (Å²) in [6.07, 6.45) is 1.61. The quantitative estimate of drug-likeness (QED) is 0.406. The number of aliphatic hydroxyl groups is 1. The average molecular weight is 198 g/mol. The summed E-state index contributed by atoms with van der Waals surface area (Å²) in [5.41, 5.74) is -2.56. The molecular weight excluding hydrogens is 184 g/mol. The summed E-state index contributed by atoms with van der Waals surface area (Å²) in [5.74, 6) is -0.962. The molecule has 0 radical (unpaired) electrons. The van der Waals surface area contributed by atoms with Crippen molar-refractivity contribution in [3.8, 4) is 0 Å². The number of carbonyl (C=O) groups is 2. The third kappa shape index (κ3) is 1.26. The Morgan fingerprint density at radius 3 is 2.36 bits per heavy atom. The molecule has 1 aliphatic heterocycles. The molecule has 1 N–H and O–H groups in total. The first-order valence-corrected chi connectivity index (χ1v) is 4.41. The number of carbonyl (C=O) groups excluding carboxylic acids is 2. The van der Waals surface area contributed by atoms with Gasteiger partial charge >= 0.3 is 5.97 Å². The van der Waals surface area contributed by atoms with E-state index in [9.17, 15) is 9.59 Å². The molecule has 1 rings (SSSR count). The Balaban J connectivity index is 3.09.